The number of ether oxygens (including phenoxy) is 2. The number of hydrogen-bond donors (Lipinski definition) is 1. The molecule has 0 aromatic heterocycles. The Kier molecular flexibility index (Phi) is 6.45. The number of esters is 1. The zero-order chi connectivity index (χ0) is 16.9. The van der Waals surface area contributed by atoms with Crippen LogP contribution in [0, 0.1) is 11.8 Å². The van der Waals surface area contributed by atoms with Gasteiger partial charge in [0.25, 0.3) is 0 Å². The van der Waals surface area contributed by atoms with E-state index in [-0.39, 0.29) is 24.0 Å². The largest absolute Gasteiger partial charge is 0.460 e. The molecular weight excluding hydrogens is 282 g/mol. The van der Waals surface area contributed by atoms with Crippen LogP contribution in [0.2, 0.25) is 0 Å². The molecule has 3 atom stereocenters. The number of amides is 1. The first-order valence-electron chi connectivity index (χ1n) is 7.93. The monoisotopic (exact) mass is 311 g/mol. The first-order valence-corrected chi connectivity index (χ1v) is 7.93. The van der Waals surface area contributed by atoms with Gasteiger partial charge in [-0.3, -0.25) is 4.79 Å². The summed E-state index contributed by atoms with van der Waals surface area (Å²) in [5, 5.41) is 2.87. The summed E-state index contributed by atoms with van der Waals surface area (Å²) < 4.78 is 10.8. The van der Waals surface area contributed by atoms with E-state index in [1.165, 1.54) is 0 Å². The molecular formula is C17H29NO4. The molecule has 0 bridgehead atoms. The molecule has 1 heterocycles. The van der Waals surface area contributed by atoms with Crippen LogP contribution in [-0.2, 0) is 14.3 Å². The number of hydrogen-bond acceptors (Lipinski definition) is 4. The number of alkyl carbamates (subject to hydrolysis) is 1. The molecule has 0 aliphatic carbocycles. The van der Waals surface area contributed by atoms with E-state index in [1.807, 2.05) is 20.8 Å². The summed E-state index contributed by atoms with van der Waals surface area (Å²) >= 11 is 0. The lowest BCUT2D eigenvalue weighted by Gasteiger charge is -2.27. The van der Waals surface area contributed by atoms with Crippen molar-refractivity contribution in [3.63, 3.8) is 0 Å². The van der Waals surface area contributed by atoms with Crippen LogP contribution in [0.5, 0.6) is 0 Å². The molecule has 1 aliphatic rings. The zero-order valence-corrected chi connectivity index (χ0v) is 14.3. The minimum absolute atomic E-state index is 0.155. The first kappa shape index (κ1) is 18.5. The van der Waals surface area contributed by atoms with Gasteiger partial charge in [0.15, 0.2) is 0 Å². The lowest BCUT2D eigenvalue weighted by atomic mass is 9.93. The van der Waals surface area contributed by atoms with Crippen LogP contribution in [0.25, 0.3) is 0 Å². The van der Waals surface area contributed by atoms with Crippen molar-refractivity contribution in [2.75, 3.05) is 0 Å². The number of rotatable bonds is 6. The SMILES string of the molecule is C=CC[C@@H]1C[C@@H]([C@H](CC(C)C)NC(=O)OC(C)(C)C)OC1=O. The van der Waals surface area contributed by atoms with Crippen LogP contribution >= 0.6 is 0 Å². The van der Waals surface area contributed by atoms with E-state index in [1.54, 1.807) is 6.08 Å². The summed E-state index contributed by atoms with van der Waals surface area (Å²) in [5.41, 5.74) is -0.551. The summed E-state index contributed by atoms with van der Waals surface area (Å²) in [6.45, 7) is 13.3. The standard InChI is InChI=1S/C17H29NO4/c1-7-8-12-10-14(21-15(12)19)13(9-11(2)3)18-16(20)22-17(4,5)6/h7,11-14H,1,8-10H2,2-6H3,(H,18,20)/t12-,13+,14+/m1/s1. The molecule has 1 N–H and O–H groups in total. The number of nitrogens with one attached hydrogen (secondary N) is 1. The molecule has 1 fully saturated rings. The van der Waals surface area contributed by atoms with Crippen LogP contribution in [0.3, 0.4) is 0 Å². The van der Waals surface area contributed by atoms with Gasteiger partial charge < -0.3 is 14.8 Å². The van der Waals surface area contributed by atoms with Crippen LogP contribution in [0.1, 0.15) is 53.9 Å². The fraction of sp³-hybridized carbons (Fsp3) is 0.765. The van der Waals surface area contributed by atoms with Crippen molar-refractivity contribution in [1.29, 1.82) is 0 Å². The molecule has 0 saturated carbocycles. The van der Waals surface area contributed by atoms with E-state index in [0.717, 1.165) is 6.42 Å². The lowest BCUT2D eigenvalue weighted by Crippen LogP contribution is -2.46. The molecule has 0 aromatic carbocycles. The number of carbonyl (C=O) groups is 2. The minimum Gasteiger partial charge on any atom is -0.460 e. The highest BCUT2D eigenvalue weighted by molar-refractivity contribution is 5.75. The van der Waals surface area contributed by atoms with Gasteiger partial charge in [-0.05, 0) is 46.0 Å². The van der Waals surface area contributed by atoms with E-state index in [0.29, 0.717) is 18.8 Å². The van der Waals surface area contributed by atoms with Gasteiger partial charge in [-0.25, -0.2) is 4.79 Å². The van der Waals surface area contributed by atoms with Crippen molar-refractivity contribution in [2.45, 2.75) is 71.6 Å². The Hall–Kier alpha value is -1.52. The molecule has 5 heteroatoms. The summed E-state index contributed by atoms with van der Waals surface area (Å²) in [5.74, 6) is 0.0133. The third-order valence-corrected chi connectivity index (χ3v) is 3.45. The highest BCUT2D eigenvalue weighted by atomic mass is 16.6. The smallest absolute Gasteiger partial charge is 0.408 e. The molecule has 1 aliphatic heterocycles. The third-order valence-electron chi connectivity index (χ3n) is 3.45. The van der Waals surface area contributed by atoms with Crippen molar-refractivity contribution in [3.8, 4) is 0 Å². The van der Waals surface area contributed by atoms with Crippen LogP contribution in [0.4, 0.5) is 4.79 Å². The highest BCUT2D eigenvalue weighted by Crippen LogP contribution is 2.28. The second-order valence-corrected chi connectivity index (χ2v) is 7.31. The van der Waals surface area contributed by atoms with Gasteiger partial charge in [-0.1, -0.05) is 19.9 Å². The average Bonchev–Trinajstić information content (AvgIpc) is 2.67. The maximum Gasteiger partial charge on any atom is 0.408 e. The predicted molar refractivity (Wildman–Crippen MR) is 85.4 cm³/mol. The van der Waals surface area contributed by atoms with Crippen LogP contribution < -0.4 is 5.32 Å². The Morgan fingerprint density at radius 2 is 2.14 bits per heavy atom. The molecule has 1 rings (SSSR count). The average molecular weight is 311 g/mol. The van der Waals surface area contributed by atoms with Gasteiger partial charge in [0, 0.05) is 0 Å². The van der Waals surface area contributed by atoms with Crippen LogP contribution in [0.15, 0.2) is 12.7 Å². The summed E-state index contributed by atoms with van der Waals surface area (Å²) in [4.78, 5) is 23.9. The fourth-order valence-electron chi connectivity index (χ4n) is 2.58. The Bertz CT molecular complexity index is 411. The number of carbonyl (C=O) groups excluding carboxylic acids is 2. The van der Waals surface area contributed by atoms with Gasteiger partial charge in [0.2, 0.25) is 0 Å². The Labute approximate surface area is 133 Å². The molecule has 22 heavy (non-hydrogen) atoms. The predicted octanol–water partition coefficient (Wildman–Crippen LogP) is 3.43. The Morgan fingerprint density at radius 3 is 2.64 bits per heavy atom. The molecule has 0 aromatic rings. The van der Waals surface area contributed by atoms with Gasteiger partial charge >= 0.3 is 12.1 Å². The van der Waals surface area contributed by atoms with Crippen molar-refractivity contribution in [2.24, 2.45) is 11.8 Å². The van der Waals surface area contributed by atoms with Gasteiger partial charge in [-0.2, -0.15) is 0 Å². The van der Waals surface area contributed by atoms with Crippen molar-refractivity contribution in [1.82, 2.24) is 5.32 Å². The summed E-state index contributed by atoms with van der Waals surface area (Å²) in [6.07, 6.45) is 2.91. The molecule has 0 spiro atoms. The van der Waals surface area contributed by atoms with E-state index >= 15 is 0 Å². The van der Waals surface area contributed by atoms with E-state index in [4.69, 9.17) is 9.47 Å². The van der Waals surface area contributed by atoms with Crippen molar-refractivity contribution >= 4 is 12.1 Å². The van der Waals surface area contributed by atoms with E-state index in [9.17, 15) is 9.59 Å². The zero-order valence-electron chi connectivity index (χ0n) is 14.3. The number of cyclic esters (lactones) is 1. The second-order valence-electron chi connectivity index (χ2n) is 7.31. The van der Waals surface area contributed by atoms with E-state index in [2.05, 4.69) is 25.7 Å². The molecule has 0 unspecified atom stereocenters. The second kappa shape index (κ2) is 7.65. The molecule has 1 amide bonds. The lowest BCUT2D eigenvalue weighted by molar-refractivity contribution is -0.145. The molecule has 126 valence electrons. The normalized spacial score (nSPS) is 23.1. The van der Waals surface area contributed by atoms with Gasteiger partial charge in [0.05, 0.1) is 12.0 Å². The summed E-state index contributed by atoms with van der Waals surface area (Å²) in [6, 6.07) is -0.228. The quantitative estimate of drug-likeness (QED) is 0.603. The van der Waals surface area contributed by atoms with Gasteiger partial charge in [-0.15, -0.1) is 6.58 Å². The number of allylic oxidation sites excluding steroid dienone is 1. The van der Waals surface area contributed by atoms with E-state index < -0.39 is 11.7 Å². The molecule has 5 nitrogen and oxygen atoms in total. The van der Waals surface area contributed by atoms with Crippen molar-refractivity contribution < 1.29 is 19.1 Å². The van der Waals surface area contributed by atoms with Crippen molar-refractivity contribution in [3.05, 3.63) is 12.7 Å². The first-order chi connectivity index (χ1) is 10.1. The topological polar surface area (TPSA) is 64.6 Å². The highest BCUT2D eigenvalue weighted by Gasteiger charge is 2.39. The molecule has 1 saturated heterocycles. The Balaban J connectivity index is 2.71. The molecule has 0 radical (unpaired) electrons. The summed E-state index contributed by atoms with van der Waals surface area (Å²) in [7, 11) is 0. The fourth-order valence-corrected chi connectivity index (χ4v) is 2.58. The van der Waals surface area contributed by atoms with Crippen LogP contribution in [-0.4, -0.2) is 29.8 Å². The minimum atomic E-state index is -0.551. The maximum absolute atomic E-state index is 12.0. The van der Waals surface area contributed by atoms with Gasteiger partial charge in [0.1, 0.15) is 11.7 Å². The Morgan fingerprint density at radius 1 is 1.50 bits per heavy atom. The maximum atomic E-state index is 12.0. The third kappa shape index (κ3) is 6.08.